The van der Waals surface area contributed by atoms with Crippen LogP contribution in [0.25, 0.3) is 0 Å². The van der Waals surface area contributed by atoms with Crippen LogP contribution in [0.15, 0.2) is 18.2 Å². The number of benzene rings is 1. The van der Waals surface area contributed by atoms with Gasteiger partial charge in [-0.05, 0) is 18.7 Å². The maximum absolute atomic E-state index is 13.3. The van der Waals surface area contributed by atoms with Crippen molar-refractivity contribution in [1.29, 1.82) is 0 Å². The van der Waals surface area contributed by atoms with E-state index in [4.69, 9.17) is 4.74 Å². The Balaban J connectivity index is 2.72. The molecule has 0 aliphatic carbocycles. The molecule has 0 radical (unpaired) electrons. The molecule has 3 heteroatoms. The lowest BCUT2D eigenvalue weighted by molar-refractivity contribution is 0.411. The molecule has 0 aromatic heterocycles. The molecular weight excluding hydrogens is 193 g/mol. The molecule has 2 nitrogen and oxygen atoms in total. The highest BCUT2D eigenvalue weighted by Crippen LogP contribution is 2.14. The number of hydrogen-bond donors (Lipinski definition) is 1. The number of hydrogen-bond acceptors (Lipinski definition) is 2. The van der Waals surface area contributed by atoms with E-state index < -0.39 is 0 Å². The van der Waals surface area contributed by atoms with Gasteiger partial charge in [-0.15, -0.1) is 0 Å². The Morgan fingerprint density at radius 1 is 1.47 bits per heavy atom. The largest absolute Gasteiger partial charge is 0.497 e. The Morgan fingerprint density at radius 3 is 2.87 bits per heavy atom. The molecular formula is C12H14FNO. The van der Waals surface area contributed by atoms with Crippen molar-refractivity contribution in [3.8, 4) is 17.6 Å². The van der Waals surface area contributed by atoms with Crippen LogP contribution < -0.4 is 10.1 Å². The van der Waals surface area contributed by atoms with Gasteiger partial charge in [0.2, 0.25) is 0 Å². The second-order valence-electron chi connectivity index (χ2n) is 2.93. The third kappa shape index (κ3) is 3.61. The molecule has 0 atom stereocenters. The molecule has 0 fully saturated rings. The lowest BCUT2D eigenvalue weighted by Crippen LogP contribution is -2.11. The third-order valence-electron chi connectivity index (χ3n) is 1.86. The molecule has 0 unspecified atom stereocenters. The molecule has 15 heavy (non-hydrogen) atoms. The summed E-state index contributed by atoms with van der Waals surface area (Å²) >= 11 is 0. The summed E-state index contributed by atoms with van der Waals surface area (Å²) in [5.74, 6) is 5.75. The van der Waals surface area contributed by atoms with E-state index in [0.29, 0.717) is 17.9 Å². The van der Waals surface area contributed by atoms with E-state index in [1.54, 1.807) is 12.1 Å². The number of ether oxygens (including phenoxy) is 1. The van der Waals surface area contributed by atoms with E-state index in [1.807, 2.05) is 6.92 Å². The van der Waals surface area contributed by atoms with E-state index in [0.717, 1.165) is 6.54 Å². The van der Waals surface area contributed by atoms with Crippen LogP contribution in [0.5, 0.6) is 5.75 Å². The minimum absolute atomic E-state index is 0.349. The van der Waals surface area contributed by atoms with Crippen molar-refractivity contribution < 1.29 is 9.13 Å². The van der Waals surface area contributed by atoms with Crippen LogP contribution >= 0.6 is 0 Å². The van der Waals surface area contributed by atoms with Crippen molar-refractivity contribution in [2.75, 3.05) is 20.2 Å². The highest BCUT2D eigenvalue weighted by molar-refractivity contribution is 5.39. The molecule has 1 rings (SSSR count). The van der Waals surface area contributed by atoms with Gasteiger partial charge in [0.25, 0.3) is 0 Å². The van der Waals surface area contributed by atoms with E-state index >= 15 is 0 Å². The molecule has 80 valence electrons. The average molecular weight is 207 g/mol. The van der Waals surface area contributed by atoms with Gasteiger partial charge in [0, 0.05) is 6.07 Å². The maximum atomic E-state index is 13.3. The molecule has 0 saturated heterocycles. The minimum Gasteiger partial charge on any atom is -0.497 e. The fraction of sp³-hybridized carbons (Fsp3) is 0.333. The Bertz CT molecular complexity index is 379. The highest BCUT2D eigenvalue weighted by atomic mass is 19.1. The zero-order chi connectivity index (χ0) is 11.1. The van der Waals surface area contributed by atoms with Crippen LogP contribution in [0.3, 0.4) is 0 Å². The van der Waals surface area contributed by atoms with Crippen LogP contribution in [0.1, 0.15) is 12.5 Å². The fourth-order valence-corrected chi connectivity index (χ4v) is 1.05. The maximum Gasteiger partial charge on any atom is 0.142 e. The summed E-state index contributed by atoms with van der Waals surface area (Å²) in [5, 5.41) is 3.04. The quantitative estimate of drug-likeness (QED) is 0.602. The summed E-state index contributed by atoms with van der Waals surface area (Å²) in [6.45, 7) is 3.43. The first-order valence-electron chi connectivity index (χ1n) is 4.81. The molecule has 1 N–H and O–H groups in total. The fourth-order valence-electron chi connectivity index (χ4n) is 1.05. The predicted octanol–water partition coefficient (Wildman–Crippen LogP) is 1.80. The zero-order valence-corrected chi connectivity index (χ0v) is 8.93. The van der Waals surface area contributed by atoms with Gasteiger partial charge in [-0.3, -0.25) is 0 Å². The Kier molecular flexibility index (Phi) is 4.65. The van der Waals surface area contributed by atoms with Gasteiger partial charge >= 0.3 is 0 Å². The molecule has 0 amide bonds. The molecule has 0 spiro atoms. The normalized spacial score (nSPS) is 9.27. The second kappa shape index (κ2) is 6.05. The lowest BCUT2D eigenvalue weighted by Gasteiger charge is -2.00. The number of halogens is 1. The lowest BCUT2D eigenvalue weighted by atomic mass is 10.2. The number of methoxy groups -OCH3 is 1. The van der Waals surface area contributed by atoms with E-state index in [1.165, 1.54) is 13.2 Å². The van der Waals surface area contributed by atoms with E-state index in [2.05, 4.69) is 17.2 Å². The summed E-state index contributed by atoms with van der Waals surface area (Å²) in [5.41, 5.74) is 0.397. The molecule has 0 aliphatic rings. The minimum atomic E-state index is -0.349. The van der Waals surface area contributed by atoms with Gasteiger partial charge in [0.05, 0.1) is 19.2 Å². The SMILES string of the molecule is CCNCC#Cc1ccc(OC)cc1F. The summed E-state index contributed by atoms with van der Waals surface area (Å²) in [6.07, 6.45) is 0. The Morgan fingerprint density at radius 2 is 2.27 bits per heavy atom. The van der Waals surface area contributed by atoms with Gasteiger partial charge < -0.3 is 10.1 Å². The summed E-state index contributed by atoms with van der Waals surface area (Å²) < 4.78 is 18.2. The van der Waals surface area contributed by atoms with Crippen molar-refractivity contribution in [3.05, 3.63) is 29.6 Å². The van der Waals surface area contributed by atoms with Gasteiger partial charge in [-0.25, -0.2) is 4.39 Å². The summed E-state index contributed by atoms with van der Waals surface area (Å²) in [7, 11) is 1.51. The van der Waals surface area contributed by atoms with Gasteiger partial charge in [0.15, 0.2) is 0 Å². The van der Waals surface area contributed by atoms with Crippen LogP contribution in [0.2, 0.25) is 0 Å². The molecule has 0 saturated carbocycles. The monoisotopic (exact) mass is 207 g/mol. The van der Waals surface area contributed by atoms with Crippen LogP contribution in [0.4, 0.5) is 4.39 Å². The number of rotatable bonds is 3. The first-order valence-corrected chi connectivity index (χ1v) is 4.81. The standard InChI is InChI=1S/C12H14FNO/c1-3-14-8-4-5-10-6-7-11(15-2)9-12(10)13/h6-7,9,14H,3,8H2,1-2H3. The van der Waals surface area contributed by atoms with Crippen LogP contribution in [0, 0.1) is 17.7 Å². The molecule has 1 aromatic carbocycles. The van der Waals surface area contributed by atoms with E-state index in [9.17, 15) is 4.39 Å². The Hall–Kier alpha value is -1.53. The topological polar surface area (TPSA) is 21.3 Å². The summed E-state index contributed by atoms with van der Waals surface area (Å²) in [4.78, 5) is 0. The second-order valence-corrected chi connectivity index (χ2v) is 2.93. The van der Waals surface area contributed by atoms with Crippen molar-refractivity contribution >= 4 is 0 Å². The van der Waals surface area contributed by atoms with Crippen molar-refractivity contribution in [1.82, 2.24) is 5.32 Å². The molecule has 0 bridgehead atoms. The van der Waals surface area contributed by atoms with Gasteiger partial charge in [0.1, 0.15) is 11.6 Å². The summed E-state index contributed by atoms with van der Waals surface area (Å²) in [6, 6.07) is 4.64. The molecule has 1 aromatic rings. The molecule has 0 aliphatic heterocycles. The molecule has 0 heterocycles. The van der Waals surface area contributed by atoms with Crippen molar-refractivity contribution in [2.45, 2.75) is 6.92 Å². The van der Waals surface area contributed by atoms with Gasteiger partial charge in [-0.1, -0.05) is 18.8 Å². The van der Waals surface area contributed by atoms with Crippen molar-refractivity contribution in [3.63, 3.8) is 0 Å². The van der Waals surface area contributed by atoms with Crippen molar-refractivity contribution in [2.24, 2.45) is 0 Å². The van der Waals surface area contributed by atoms with E-state index in [-0.39, 0.29) is 5.82 Å². The first-order chi connectivity index (χ1) is 7.27. The first kappa shape index (κ1) is 11.5. The third-order valence-corrected chi connectivity index (χ3v) is 1.86. The predicted molar refractivity (Wildman–Crippen MR) is 58.4 cm³/mol. The van der Waals surface area contributed by atoms with Crippen LogP contribution in [-0.2, 0) is 0 Å². The van der Waals surface area contributed by atoms with Gasteiger partial charge in [-0.2, -0.15) is 0 Å². The Labute approximate surface area is 89.4 Å². The van der Waals surface area contributed by atoms with Crippen LogP contribution in [-0.4, -0.2) is 20.2 Å². The zero-order valence-electron chi connectivity index (χ0n) is 8.93. The number of nitrogens with one attached hydrogen (secondary N) is 1. The highest BCUT2D eigenvalue weighted by Gasteiger charge is 2.00. The smallest absolute Gasteiger partial charge is 0.142 e. The average Bonchev–Trinajstić information content (AvgIpc) is 2.26.